The van der Waals surface area contributed by atoms with Crippen LogP contribution in [0.15, 0.2) is 0 Å². The highest BCUT2D eigenvalue weighted by Gasteiger charge is 2.42. The van der Waals surface area contributed by atoms with Crippen molar-refractivity contribution in [1.29, 1.82) is 0 Å². The predicted molar refractivity (Wildman–Crippen MR) is 101 cm³/mol. The molecule has 0 aromatic rings. The average Bonchev–Trinajstić information content (AvgIpc) is 2.66. The molecule has 0 aromatic heterocycles. The Kier molecular flexibility index (Phi) is 17.2. The lowest BCUT2D eigenvalue weighted by Crippen LogP contribution is -2.42. The monoisotopic (exact) mass is 376 g/mol. The molecular weight excluding hydrogens is 336 g/mol. The molecule has 0 aliphatic heterocycles. The van der Waals surface area contributed by atoms with E-state index in [9.17, 15) is 4.79 Å². The highest BCUT2D eigenvalue weighted by Crippen LogP contribution is 2.27. The van der Waals surface area contributed by atoms with Crippen LogP contribution >= 0.6 is 0 Å². The van der Waals surface area contributed by atoms with Crippen molar-refractivity contribution in [2.75, 3.05) is 13.2 Å². The molecule has 0 aliphatic rings. The molecular formula is C20H40O6. The maximum absolute atomic E-state index is 12.5. The minimum Gasteiger partial charge on any atom is -0.265 e. The van der Waals surface area contributed by atoms with E-state index >= 15 is 0 Å². The summed E-state index contributed by atoms with van der Waals surface area (Å²) in [5, 5.41) is 4.61. The van der Waals surface area contributed by atoms with Crippen LogP contribution in [0.3, 0.4) is 0 Å². The molecule has 0 spiro atoms. The number of unbranched alkanes of at least 4 members (excludes halogenated alkanes) is 7. The van der Waals surface area contributed by atoms with Crippen molar-refractivity contribution in [3.8, 4) is 0 Å². The maximum Gasteiger partial charge on any atom is 0.380 e. The van der Waals surface area contributed by atoms with E-state index in [-0.39, 0.29) is 0 Å². The number of carbonyl (C=O) groups excluding carboxylic acids is 1. The summed E-state index contributed by atoms with van der Waals surface area (Å²) in [6.07, 6.45) is 11.5. The van der Waals surface area contributed by atoms with Gasteiger partial charge >= 0.3 is 5.97 Å². The molecule has 0 saturated carbocycles. The van der Waals surface area contributed by atoms with Gasteiger partial charge in [0.1, 0.15) is 0 Å². The standard InChI is InChI=1S/C20H40O6/c1-5-9-12-13-14-15-16-20(8-4,25-22-17-10-6-2)19(21)24-26-23-18-11-7-3/h5-18H2,1-4H3. The van der Waals surface area contributed by atoms with Crippen LogP contribution in [0.2, 0.25) is 0 Å². The zero-order valence-electron chi connectivity index (χ0n) is 17.3. The van der Waals surface area contributed by atoms with Gasteiger partial charge in [0.15, 0.2) is 0 Å². The van der Waals surface area contributed by atoms with Gasteiger partial charge in [0, 0.05) is 0 Å². The van der Waals surface area contributed by atoms with Crippen LogP contribution in [0.25, 0.3) is 0 Å². The van der Waals surface area contributed by atoms with E-state index in [1.165, 1.54) is 19.3 Å². The van der Waals surface area contributed by atoms with Crippen LogP contribution in [0.4, 0.5) is 0 Å². The maximum atomic E-state index is 12.5. The quantitative estimate of drug-likeness (QED) is 0.160. The smallest absolute Gasteiger partial charge is 0.265 e. The average molecular weight is 377 g/mol. The second kappa shape index (κ2) is 17.7. The van der Waals surface area contributed by atoms with Gasteiger partial charge in [-0.25, -0.2) is 14.6 Å². The van der Waals surface area contributed by atoms with Crippen molar-refractivity contribution >= 4 is 5.97 Å². The van der Waals surface area contributed by atoms with E-state index in [1.807, 2.05) is 13.8 Å². The zero-order chi connectivity index (χ0) is 19.5. The van der Waals surface area contributed by atoms with Crippen LogP contribution in [-0.4, -0.2) is 24.8 Å². The summed E-state index contributed by atoms with van der Waals surface area (Å²) < 4.78 is 0. The summed E-state index contributed by atoms with van der Waals surface area (Å²) in [4.78, 5) is 33.0. The van der Waals surface area contributed by atoms with E-state index in [2.05, 4.69) is 18.9 Å². The fourth-order valence-corrected chi connectivity index (χ4v) is 2.47. The van der Waals surface area contributed by atoms with Gasteiger partial charge in [0.25, 0.3) is 0 Å². The molecule has 0 heterocycles. The summed E-state index contributed by atoms with van der Waals surface area (Å²) in [7, 11) is 0. The van der Waals surface area contributed by atoms with Gasteiger partial charge in [-0.1, -0.05) is 72.6 Å². The molecule has 26 heavy (non-hydrogen) atoms. The van der Waals surface area contributed by atoms with Crippen LogP contribution in [0.1, 0.15) is 105 Å². The minimum atomic E-state index is -1.15. The second-order valence-corrected chi connectivity index (χ2v) is 6.74. The lowest BCUT2D eigenvalue weighted by atomic mass is 9.93. The van der Waals surface area contributed by atoms with Gasteiger partial charge in [-0.05, 0) is 37.1 Å². The van der Waals surface area contributed by atoms with Crippen molar-refractivity contribution in [2.24, 2.45) is 0 Å². The summed E-state index contributed by atoms with van der Waals surface area (Å²) in [5.41, 5.74) is -1.15. The van der Waals surface area contributed by atoms with Crippen molar-refractivity contribution in [3.05, 3.63) is 0 Å². The molecule has 0 fully saturated rings. The largest absolute Gasteiger partial charge is 0.380 e. The molecule has 0 amide bonds. The topological polar surface area (TPSA) is 63.2 Å². The Bertz CT molecular complexity index is 323. The van der Waals surface area contributed by atoms with Gasteiger partial charge in [-0.15, -0.1) is 0 Å². The Morgan fingerprint density at radius 1 is 0.731 bits per heavy atom. The second-order valence-electron chi connectivity index (χ2n) is 6.74. The number of hydrogen-bond acceptors (Lipinski definition) is 6. The van der Waals surface area contributed by atoms with Crippen LogP contribution in [0, 0.1) is 0 Å². The number of rotatable bonds is 19. The Balaban J connectivity index is 4.48. The lowest BCUT2D eigenvalue weighted by molar-refractivity contribution is -0.494. The summed E-state index contributed by atoms with van der Waals surface area (Å²) in [5.74, 6) is -0.596. The minimum absolute atomic E-state index is 0.383. The van der Waals surface area contributed by atoms with Crippen molar-refractivity contribution in [1.82, 2.24) is 0 Å². The molecule has 0 rings (SSSR count). The normalized spacial score (nSPS) is 13.5. The Labute approximate surface area is 159 Å². The molecule has 0 aromatic carbocycles. The number of carbonyl (C=O) groups is 1. The van der Waals surface area contributed by atoms with Crippen LogP contribution in [0.5, 0.6) is 0 Å². The summed E-state index contributed by atoms with van der Waals surface area (Å²) in [6.45, 7) is 9.04. The van der Waals surface area contributed by atoms with Crippen molar-refractivity contribution < 1.29 is 29.4 Å². The molecule has 156 valence electrons. The molecule has 1 unspecified atom stereocenters. The van der Waals surface area contributed by atoms with Crippen molar-refractivity contribution in [3.63, 3.8) is 0 Å². The summed E-state index contributed by atoms with van der Waals surface area (Å²) in [6, 6.07) is 0. The first-order chi connectivity index (χ1) is 12.7. The highest BCUT2D eigenvalue weighted by atomic mass is 17.5. The zero-order valence-corrected chi connectivity index (χ0v) is 17.3. The van der Waals surface area contributed by atoms with Crippen LogP contribution in [-0.2, 0) is 29.4 Å². The molecule has 0 saturated heterocycles. The third-order valence-corrected chi connectivity index (χ3v) is 4.42. The van der Waals surface area contributed by atoms with Crippen LogP contribution < -0.4 is 0 Å². The van der Waals surface area contributed by atoms with E-state index in [1.54, 1.807) is 0 Å². The highest BCUT2D eigenvalue weighted by molar-refractivity contribution is 5.78. The fourth-order valence-electron chi connectivity index (χ4n) is 2.47. The molecule has 0 N–H and O–H groups in total. The SMILES string of the molecule is CCCCCCCCC(CC)(OOCCCC)C(=O)OOOCCCC. The lowest BCUT2D eigenvalue weighted by Gasteiger charge is -2.27. The third-order valence-electron chi connectivity index (χ3n) is 4.42. The molecule has 6 heteroatoms. The van der Waals surface area contributed by atoms with Gasteiger partial charge in [-0.3, -0.25) is 4.89 Å². The van der Waals surface area contributed by atoms with Gasteiger partial charge in [0.2, 0.25) is 5.60 Å². The van der Waals surface area contributed by atoms with E-state index in [0.29, 0.717) is 26.1 Å². The van der Waals surface area contributed by atoms with Gasteiger partial charge in [0.05, 0.1) is 13.2 Å². The Morgan fingerprint density at radius 3 is 1.92 bits per heavy atom. The molecule has 0 radical (unpaired) electrons. The van der Waals surface area contributed by atoms with Gasteiger partial charge in [-0.2, -0.15) is 4.89 Å². The van der Waals surface area contributed by atoms with Gasteiger partial charge < -0.3 is 0 Å². The van der Waals surface area contributed by atoms with Crippen molar-refractivity contribution in [2.45, 2.75) is 110 Å². The third kappa shape index (κ3) is 11.8. The molecule has 0 aliphatic carbocycles. The molecule has 0 bridgehead atoms. The van der Waals surface area contributed by atoms with E-state index in [4.69, 9.17) is 19.6 Å². The predicted octanol–water partition coefficient (Wildman–Crippen LogP) is 5.84. The fraction of sp³-hybridized carbons (Fsp3) is 0.950. The van der Waals surface area contributed by atoms with E-state index < -0.39 is 11.6 Å². The molecule has 6 nitrogen and oxygen atoms in total. The van der Waals surface area contributed by atoms with E-state index in [0.717, 1.165) is 44.9 Å². The molecule has 1 atom stereocenters. The first-order valence-corrected chi connectivity index (χ1v) is 10.5. The Morgan fingerprint density at radius 2 is 1.31 bits per heavy atom. The first kappa shape index (κ1) is 25.3. The Hall–Kier alpha value is -0.690. The number of hydrogen-bond donors (Lipinski definition) is 0. The first-order valence-electron chi connectivity index (χ1n) is 10.5. The summed E-state index contributed by atoms with van der Waals surface area (Å²) >= 11 is 0.